The van der Waals surface area contributed by atoms with E-state index >= 15 is 0 Å². The molecule has 2 amide bonds. The van der Waals surface area contributed by atoms with E-state index in [9.17, 15) is 13.2 Å². The number of carbonyl (C=O) groups excluding carboxylic acids is 1. The Morgan fingerprint density at radius 2 is 1.77 bits per heavy atom. The maximum absolute atomic E-state index is 13.0. The fraction of sp³-hybridized carbons (Fsp3) is 0.524. The number of benzene rings is 1. The first kappa shape index (κ1) is 19.4. The summed E-state index contributed by atoms with van der Waals surface area (Å²) in [6.07, 6.45) is 7.35. The molecule has 1 aromatic heterocycles. The van der Waals surface area contributed by atoms with Gasteiger partial charge in [0.05, 0.1) is 6.20 Å². The Bertz CT molecular complexity index is 1110. The van der Waals surface area contributed by atoms with Crippen molar-refractivity contribution in [2.45, 2.75) is 56.9 Å². The zero-order valence-electron chi connectivity index (χ0n) is 17.4. The summed E-state index contributed by atoms with van der Waals surface area (Å²) in [7, 11) is -2.20. The van der Waals surface area contributed by atoms with Crippen LogP contribution >= 0.6 is 0 Å². The summed E-state index contributed by atoms with van der Waals surface area (Å²) in [4.78, 5) is 14.7. The number of rotatable bonds is 3. The Kier molecular flexibility index (Phi) is 4.53. The molecule has 8 nitrogen and oxygen atoms in total. The van der Waals surface area contributed by atoms with E-state index in [-0.39, 0.29) is 4.90 Å². The van der Waals surface area contributed by atoms with Crippen molar-refractivity contribution >= 4 is 27.6 Å². The molecule has 2 heterocycles. The molecule has 2 aromatic rings. The summed E-state index contributed by atoms with van der Waals surface area (Å²) >= 11 is 0. The molecule has 1 unspecified atom stereocenters. The first-order valence-corrected chi connectivity index (χ1v) is 12.1. The van der Waals surface area contributed by atoms with Crippen molar-refractivity contribution in [2.24, 2.45) is 5.92 Å². The summed E-state index contributed by atoms with van der Waals surface area (Å²) < 4.78 is 29.9. The summed E-state index contributed by atoms with van der Waals surface area (Å²) in [5.74, 6) is 0.895. The Balaban J connectivity index is 1.41. The van der Waals surface area contributed by atoms with E-state index in [1.54, 1.807) is 4.68 Å². The molecule has 1 aromatic carbocycles. The molecule has 9 heteroatoms. The molecule has 2 aliphatic carbocycles. The van der Waals surface area contributed by atoms with Crippen LogP contribution in [0.25, 0.3) is 0 Å². The first-order valence-electron chi connectivity index (χ1n) is 10.6. The molecule has 0 saturated carbocycles. The quantitative estimate of drug-likeness (QED) is 0.781. The number of anilines is 2. The molecule has 0 bridgehead atoms. The number of amides is 2. The lowest BCUT2D eigenvalue weighted by molar-refractivity contribution is 0.256. The summed E-state index contributed by atoms with van der Waals surface area (Å²) in [5, 5.41) is 7.12. The van der Waals surface area contributed by atoms with Crippen molar-refractivity contribution in [1.82, 2.24) is 14.5 Å². The topological polar surface area (TPSA) is 96.3 Å². The van der Waals surface area contributed by atoms with Crippen molar-refractivity contribution in [3.63, 3.8) is 0 Å². The second-order valence-electron chi connectivity index (χ2n) is 8.79. The van der Waals surface area contributed by atoms with Crippen molar-refractivity contribution in [1.29, 1.82) is 0 Å². The Hall–Kier alpha value is -2.55. The van der Waals surface area contributed by atoms with E-state index in [1.807, 2.05) is 11.9 Å². The smallest absolute Gasteiger partial charge is 0.333 e. The molecule has 1 aliphatic heterocycles. The van der Waals surface area contributed by atoms with Crippen molar-refractivity contribution in [3.8, 4) is 0 Å². The number of nitrogens with zero attached hydrogens (tertiary/aromatic N) is 3. The average molecular weight is 430 g/mol. The first-order chi connectivity index (χ1) is 14.3. The molecular formula is C21H27N5O3S. The lowest BCUT2D eigenvalue weighted by atomic mass is 9.99. The van der Waals surface area contributed by atoms with Crippen molar-refractivity contribution in [3.05, 3.63) is 34.5 Å². The third-order valence-corrected chi connectivity index (χ3v) is 7.76. The predicted molar refractivity (Wildman–Crippen MR) is 114 cm³/mol. The monoisotopic (exact) mass is 429 g/mol. The van der Waals surface area contributed by atoms with E-state index in [2.05, 4.69) is 28.1 Å². The van der Waals surface area contributed by atoms with Crippen LogP contribution in [-0.4, -0.2) is 37.8 Å². The van der Waals surface area contributed by atoms with Crippen LogP contribution in [0.15, 0.2) is 17.2 Å². The van der Waals surface area contributed by atoms with Crippen molar-refractivity contribution < 1.29 is 13.2 Å². The number of nitrogens with one attached hydrogen (secondary N) is 2. The minimum absolute atomic E-state index is 0.0376. The Morgan fingerprint density at radius 3 is 2.43 bits per heavy atom. The lowest BCUT2D eigenvalue weighted by Crippen LogP contribution is -2.38. The van der Waals surface area contributed by atoms with Crippen LogP contribution in [0.4, 0.5) is 16.3 Å². The minimum atomic E-state index is -4.04. The molecule has 0 saturated heterocycles. The molecule has 0 fully saturated rings. The standard InChI is InChI=1S/C21H27N5O3S/c1-13-11-25(2)20-18(10-22-26(20)12-13)30(28,29)24-21(27)23-19-16-7-3-5-14(16)9-15-6-4-8-17(15)19/h9-10,13H,3-8,11-12H2,1-2H3,(H2,23,24,27). The molecule has 1 atom stereocenters. The zero-order chi connectivity index (χ0) is 21.0. The highest BCUT2D eigenvalue weighted by Crippen LogP contribution is 2.38. The lowest BCUT2D eigenvalue weighted by Gasteiger charge is -2.30. The number of urea groups is 1. The minimum Gasteiger partial charge on any atom is -0.358 e. The molecule has 160 valence electrons. The number of fused-ring (bicyclic) bond motifs is 3. The molecule has 0 radical (unpaired) electrons. The SMILES string of the molecule is CC1CN(C)c2c(S(=O)(=O)NC(=O)Nc3c4c(cc5c3CCC5)CCC4)cnn2C1. The third-order valence-electron chi connectivity index (χ3n) is 6.44. The Labute approximate surface area is 176 Å². The van der Waals surface area contributed by atoms with Gasteiger partial charge in [-0.2, -0.15) is 5.10 Å². The van der Waals surface area contributed by atoms with Gasteiger partial charge in [0.25, 0.3) is 10.0 Å². The van der Waals surface area contributed by atoms with Gasteiger partial charge in [-0.15, -0.1) is 0 Å². The van der Waals surface area contributed by atoms with Crippen LogP contribution in [-0.2, 0) is 42.3 Å². The number of aromatic nitrogens is 2. The van der Waals surface area contributed by atoms with Crippen LogP contribution in [0, 0.1) is 5.92 Å². The molecule has 0 spiro atoms. The van der Waals surface area contributed by atoms with Gasteiger partial charge in [-0.25, -0.2) is 22.6 Å². The van der Waals surface area contributed by atoms with E-state index in [0.29, 0.717) is 18.3 Å². The van der Waals surface area contributed by atoms with Gasteiger partial charge in [0, 0.05) is 25.8 Å². The second-order valence-corrected chi connectivity index (χ2v) is 10.4. The fourth-order valence-corrected chi connectivity index (χ4v) is 6.35. The van der Waals surface area contributed by atoms with Gasteiger partial charge < -0.3 is 10.2 Å². The molecule has 30 heavy (non-hydrogen) atoms. The van der Waals surface area contributed by atoms with Crippen LogP contribution in [0.2, 0.25) is 0 Å². The maximum Gasteiger partial charge on any atom is 0.333 e. The predicted octanol–water partition coefficient (Wildman–Crippen LogP) is 2.46. The van der Waals surface area contributed by atoms with Gasteiger partial charge in [-0.1, -0.05) is 13.0 Å². The number of sulfonamides is 1. The van der Waals surface area contributed by atoms with E-state index < -0.39 is 16.1 Å². The van der Waals surface area contributed by atoms with Crippen LogP contribution in [0.3, 0.4) is 0 Å². The van der Waals surface area contributed by atoms with E-state index in [1.165, 1.54) is 28.5 Å². The van der Waals surface area contributed by atoms with Crippen LogP contribution < -0.4 is 14.9 Å². The maximum atomic E-state index is 13.0. The Morgan fingerprint density at radius 1 is 1.10 bits per heavy atom. The molecule has 2 N–H and O–H groups in total. The van der Waals surface area contributed by atoms with Crippen LogP contribution in [0.5, 0.6) is 0 Å². The van der Waals surface area contributed by atoms with E-state index in [4.69, 9.17) is 0 Å². The second kappa shape index (κ2) is 7.01. The number of hydrogen-bond acceptors (Lipinski definition) is 5. The summed E-state index contributed by atoms with van der Waals surface area (Å²) in [6.45, 7) is 3.49. The fourth-order valence-electron chi connectivity index (χ4n) is 5.26. The highest BCUT2D eigenvalue weighted by atomic mass is 32.2. The largest absolute Gasteiger partial charge is 0.358 e. The van der Waals surface area contributed by atoms with E-state index in [0.717, 1.165) is 50.8 Å². The molecule has 5 rings (SSSR count). The highest BCUT2D eigenvalue weighted by molar-refractivity contribution is 7.90. The molecular weight excluding hydrogens is 402 g/mol. The van der Waals surface area contributed by atoms with Gasteiger partial charge in [-0.05, 0) is 66.7 Å². The normalized spacial score (nSPS) is 19.9. The van der Waals surface area contributed by atoms with Crippen molar-refractivity contribution in [2.75, 3.05) is 23.8 Å². The summed E-state index contributed by atoms with van der Waals surface area (Å²) in [6, 6.07) is 1.57. The van der Waals surface area contributed by atoms with Gasteiger partial charge in [0.1, 0.15) is 10.7 Å². The number of hydrogen-bond donors (Lipinski definition) is 2. The third kappa shape index (κ3) is 3.15. The van der Waals surface area contributed by atoms with Gasteiger partial charge >= 0.3 is 6.03 Å². The van der Waals surface area contributed by atoms with Gasteiger partial charge in [0.15, 0.2) is 0 Å². The average Bonchev–Trinajstić information content (AvgIpc) is 3.39. The number of aryl methyl sites for hydroxylation is 2. The highest BCUT2D eigenvalue weighted by Gasteiger charge is 2.32. The zero-order valence-corrected chi connectivity index (χ0v) is 18.2. The summed E-state index contributed by atoms with van der Waals surface area (Å²) in [5.41, 5.74) is 5.73. The van der Waals surface area contributed by atoms with Crippen LogP contribution in [0.1, 0.15) is 42.0 Å². The molecule has 3 aliphatic rings. The van der Waals surface area contributed by atoms with Gasteiger partial charge in [-0.3, -0.25) is 0 Å². The van der Waals surface area contributed by atoms with Gasteiger partial charge in [0.2, 0.25) is 0 Å². The number of carbonyl (C=O) groups is 1.